The van der Waals surface area contributed by atoms with E-state index in [1.54, 1.807) is 13.0 Å². The van der Waals surface area contributed by atoms with Crippen LogP contribution in [0.4, 0.5) is 0 Å². The summed E-state index contributed by atoms with van der Waals surface area (Å²) >= 11 is 0. The molecule has 0 saturated carbocycles. The molecule has 5 heteroatoms. The third kappa shape index (κ3) is 1.19. The first kappa shape index (κ1) is 8.55. The quantitative estimate of drug-likeness (QED) is 0.788. The molecule has 0 bridgehead atoms. The predicted octanol–water partition coefficient (Wildman–Crippen LogP) is 1.94. The van der Waals surface area contributed by atoms with Crippen LogP contribution < -0.4 is 0 Å². The molecular weight excluding hydrogens is 186 g/mol. The molecule has 5 nitrogen and oxygen atoms in total. The van der Waals surface area contributed by atoms with Gasteiger partial charge in [-0.05, 0) is 18.6 Å². The summed E-state index contributed by atoms with van der Waals surface area (Å²) in [4.78, 5) is 14.3. The van der Waals surface area contributed by atoms with Crippen molar-refractivity contribution >= 4 is 5.97 Å². The number of hydrogen-bond acceptors (Lipinski definition) is 4. The average molecular weight is 193 g/mol. The van der Waals surface area contributed by atoms with E-state index in [4.69, 9.17) is 13.9 Å². The van der Waals surface area contributed by atoms with E-state index in [-0.39, 0.29) is 11.5 Å². The normalized spacial score (nSPS) is 10.4. The highest BCUT2D eigenvalue weighted by Gasteiger charge is 2.20. The van der Waals surface area contributed by atoms with E-state index in [0.717, 1.165) is 12.0 Å². The van der Waals surface area contributed by atoms with Crippen LogP contribution >= 0.6 is 0 Å². The molecule has 2 aromatic rings. The number of oxazole rings is 1. The predicted molar refractivity (Wildman–Crippen MR) is 45.9 cm³/mol. The molecule has 2 heterocycles. The molecule has 1 N–H and O–H groups in total. The Morgan fingerprint density at radius 1 is 1.43 bits per heavy atom. The lowest BCUT2D eigenvalue weighted by atomic mass is 10.2. The van der Waals surface area contributed by atoms with E-state index >= 15 is 0 Å². The van der Waals surface area contributed by atoms with Crippen LogP contribution in [0, 0.1) is 6.92 Å². The van der Waals surface area contributed by atoms with Crippen LogP contribution in [-0.4, -0.2) is 16.1 Å². The van der Waals surface area contributed by atoms with Gasteiger partial charge in [-0.15, -0.1) is 0 Å². The number of aromatic nitrogens is 1. The molecule has 14 heavy (non-hydrogen) atoms. The lowest BCUT2D eigenvalue weighted by molar-refractivity contribution is 0.0691. The molecule has 0 unspecified atom stereocenters. The van der Waals surface area contributed by atoms with E-state index in [1.807, 2.05) is 0 Å². The lowest BCUT2D eigenvalue weighted by Gasteiger charge is -1.93. The highest BCUT2D eigenvalue weighted by atomic mass is 16.4. The molecule has 0 aliphatic heterocycles. The average Bonchev–Trinajstić information content (AvgIpc) is 2.70. The van der Waals surface area contributed by atoms with Crippen LogP contribution in [0.5, 0.6) is 0 Å². The maximum Gasteiger partial charge on any atom is 0.358 e. The van der Waals surface area contributed by atoms with Gasteiger partial charge in [-0.3, -0.25) is 0 Å². The maximum atomic E-state index is 10.7. The second kappa shape index (κ2) is 3.02. The molecule has 72 valence electrons. The first-order valence-electron chi connectivity index (χ1n) is 3.91. The summed E-state index contributed by atoms with van der Waals surface area (Å²) in [6, 6.07) is 1.73. The van der Waals surface area contributed by atoms with Crippen LogP contribution in [0.2, 0.25) is 0 Å². The van der Waals surface area contributed by atoms with Crippen LogP contribution in [0.15, 0.2) is 27.6 Å². The largest absolute Gasteiger partial charge is 0.476 e. The van der Waals surface area contributed by atoms with Gasteiger partial charge in [-0.25, -0.2) is 9.78 Å². The minimum absolute atomic E-state index is 0.136. The van der Waals surface area contributed by atoms with Crippen LogP contribution in [0.1, 0.15) is 16.1 Å². The lowest BCUT2D eigenvalue weighted by Crippen LogP contribution is -1.98. The van der Waals surface area contributed by atoms with E-state index in [9.17, 15) is 4.79 Å². The number of carbonyl (C=O) groups is 1. The summed E-state index contributed by atoms with van der Waals surface area (Å²) < 4.78 is 10.1. The summed E-state index contributed by atoms with van der Waals surface area (Å²) in [6.45, 7) is 1.80. The van der Waals surface area contributed by atoms with Gasteiger partial charge < -0.3 is 13.9 Å². The zero-order valence-electron chi connectivity index (χ0n) is 7.35. The van der Waals surface area contributed by atoms with Crippen molar-refractivity contribution in [3.8, 4) is 11.5 Å². The zero-order valence-corrected chi connectivity index (χ0v) is 7.35. The fraction of sp³-hybridized carbons (Fsp3) is 0.111. The number of carboxylic acid groups (broad SMARTS) is 1. The van der Waals surface area contributed by atoms with Crippen molar-refractivity contribution in [2.75, 3.05) is 0 Å². The number of aromatic carboxylic acids is 1. The molecule has 2 rings (SSSR count). The van der Waals surface area contributed by atoms with Crippen molar-refractivity contribution in [2.24, 2.45) is 0 Å². The van der Waals surface area contributed by atoms with Gasteiger partial charge in [0.15, 0.2) is 17.8 Å². The molecule has 0 atom stereocenters. The molecule has 2 aromatic heterocycles. The van der Waals surface area contributed by atoms with Crippen LogP contribution in [0.3, 0.4) is 0 Å². The zero-order chi connectivity index (χ0) is 10.1. The van der Waals surface area contributed by atoms with Gasteiger partial charge in [0.1, 0.15) is 0 Å². The number of rotatable bonds is 2. The van der Waals surface area contributed by atoms with Gasteiger partial charge in [-0.1, -0.05) is 0 Å². The Labute approximate surface area is 79.0 Å². The SMILES string of the molecule is Cc1ccoc1-c1ocnc1C(=O)O. The number of nitrogens with zero attached hydrogens (tertiary/aromatic N) is 1. The standard InChI is InChI=1S/C9H7NO4/c1-5-2-3-13-7(5)8-6(9(11)12)10-4-14-8/h2-4H,1H3,(H,11,12). The monoisotopic (exact) mass is 193 g/mol. The minimum atomic E-state index is -1.13. The van der Waals surface area contributed by atoms with E-state index in [2.05, 4.69) is 4.98 Å². The van der Waals surface area contributed by atoms with Crippen molar-refractivity contribution in [1.82, 2.24) is 4.98 Å². The Bertz CT molecular complexity index is 469. The van der Waals surface area contributed by atoms with Crippen LogP contribution in [0.25, 0.3) is 11.5 Å². The summed E-state index contributed by atoms with van der Waals surface area (Å²) in [5.41, 5.74) is 0.673. The van der Waals surface area contributed by atoms with E-state index in [0.29, 0.717) is 5.76 Å². The number of carboxylic acids is 1. The molecule has 0 saturated heterocycles. The Balaban J connectivity index is 2.57. The summed E-state index contributed by atoms with van der Waals surface area (Å²) in [6.07, 6.45) is 2.56. The molecule has 0 fully saturated rings. The number of furan rings is 1. The number of aryl methyl sites for hydroxylation is 1. The molecule has 0 amide bonds. The van der Waals surface area contributed by atoms with Crippen molar-refractivity contribution in [1.29, 1.82) is 0 Å². The third-order valence-corrected chi connectivity index (χ3v) is 1.84. The Morgan fingerprint density at radius 2 is 2.21 bits per heavy atom. The highest BCUT2D eigenvalue weighted by molar-refractivity contribution is 5.91. The van der Waals surface area contributed by atoms with Crippen LogP contribution in [-0.2, 0) is 0 Å². The molecule has 0 aliphatic rings. The van der Waals surface area contributed by atoms with Gasteiger partial charge in [0.2, 0.25) is 5.76 Å². The summed E-state index contributed by atoms with van der Waals surface area (Å²) in [5, 5.41) is 8.78. The molecule has 0 radical (unpaired) electrons. The van der Waals surface area contributed by atoms with Gasteiger partial charge in [0.25, 0.3) is 0 Å². The molecule has 0 aromatic carbocycles. The Hall–Kier alpha value is -2.04. The smallest absolute Gasteiger partial charge is 0.358 e. The maximum absolute atomic E-state index is 10.7. The summed E-state index contributed by atoms with van der Waals surface area (Å²) in [7, 11) is 0. The van der Waals surface area contributed by atoms with Crippen molar-refractivity contribution in [3.63, 3.8) is 0 Å². The first-order chi connectivity index (χ1) is 6.70. The third-order valence-electron chi connectivity index (χ3n) is 1.84. The Morgan fingerprint density at radius 3 is 2.79 bits per heavy atom. The molecule has 0 aliphatic carbocycles. The second-order valence-electron chi connectivity index (χ2n) is 2.77. The molecular formula is C9H7NO4. The van der Waals surface area contributed by atoms with Crippen molar-refractivity contribution in [2.45, 2.75) is 6.92 Å². The second-order valence-corrected chi connectivity index (χ2v) is 2.77. The van der Waals surface area contributed by atoms with Gasteiger partial charge >= 0.3 is 5.97 Å². The number of hydrogen-bond donors (Lipinski definition) is 1. The summed E-state index contributed by atoms with van der Waals surface area (Å²) in [5.74, 6) is -0.579. The molecule has 0 spiro atoms. The van der Waals surface area contributed by atoms with Crippen molar-refractivity contribution in [3.05, 3.63) is 30.0 Å². The van der Waals surface area contributed by atoms with E-state index < -0.39 is 5.97 Å². The topological polar surface area (TPSA) is 76.5 Å². The first-order valence-corrected chi connectivity index (χ1v) is 3.91. The van der Waals surface area contributed by atoms with Crippen molar-refractivity contribution < 1.29 is 18.7 Å². The van der Waals surface area contributed by atoms with Gasteiger partial charge in [0, 0.05) is 0 Å². The fourth-order valence-corrected chi connectivity index (χ4v) is 1.16. The van der Waals surface area contributed by atoms with Gasteiger partial charge in [0.05, 0.1) is 6.26 Å². The fourth-order valence-electron chi connectivity index (χ4n) is 1.16. The van der Waals surface area contributed by atoms with Gasteiger partial charge in [-0.2, -0.15) is 0 Å². The van der Waals surface area contributed by atoms with E-state index in [1.165, 1.54) is 6.26 Å². The highest BCUT2D eigenvalue weighted by Crippen LogP contribution is 2.26. The minimum Gasteiger partial charge on any atom is -0.476 e. The Kier molecular flexibility index (Phi) is 1.85.